The van der Waals surface area contributed by atoms with Crippen LogP contribution in [0.3, 0.4) is 0 Å². The number of rotatable bonds is 5. The van der Waals surface area contributed by atoms with Gasteiger partial charge in [-0.2, -0.15) is 13.2 Å². The maximum Gasteiger partial charge on any atom is 1.00 e. The summed E-state index contributed by atoms with van der Waals surface area (Å²) in [6, 6.07) is 3.99. The Kier molecular flexibility index (Phi) is 7.24. The average molecular weight is 402 g/mol. The van der Waals surface area contributed by atoms with Crippen molar-refractivity contribution in [2.24, 2.45) is 0 Å². The molecule has 0 spiro atoms. The molecule has 0 radical (unpaired) electrons. The first-order valence-corrected chi connectivity index (χ1v) is 7.98. The zero-order chi connectivity index (χ0) is 18.8. The predicted molar refractivity (Wildman–Crippen MR) is 75.3 cm³/mol. The Morgan fingerprint density at radius 3 is 2.31 bits per heavy atom. The number of nitrogens with zero attached hydrogens (tertiary/aromatic N) is 1. The van der Waals surface area contributed by atoms with Crippen molar-refractivity contribution in [1.29, 1.82) is 0 Å². The minimum absolute atomic E-state index is 0. The molecule has 1 aromatic carbocycles. The molecule has 1 N–H and O–H groups in total. The maximum absolute atomic E-state index is 12.9. The van der Waals surface area contributed by atoms with Gasteiger partial charge in [0.15, 0.2) is 12.1 Å². The van der Waals surface area contributed by atoms with Crippen molar-refractivity contribution < 1.29 is 70.0 Å². The summed E-state index contributed by atoms with van der Waals surface area (Å²) in [5.74, 6) is 0.0450. The Labute approximate surface area is 168 Å². The number of carbonyl (C=O) groups excluding carboxylic acids is 2. The first-order chi connectivity index (χ1) is 11.5. The third-order valence-corrected chi connectivity index (χ3v) is 4.20. The number of hydrogen-bond donors (Lipinski definition) is 1. The monoisotopic (exact) mass is 402 g/mol. The Morgan fingerprint density at radius 2 is 1.85 bits per heavy atom. The molecule has 26 heavy (non-hydrogen) atoms. The Hall–Kier alpha value is -1.60. The molecule has 0 saturated carbocycles. The Morgan fingerprint density at radius 1 is 1.27 bits per heavy atom. The quantitative estimate of drug-likeness (QED) is 0.352. The fourth-order valence-corrected chi connectivity index (χ4v) is 3.00. The van der Waals surface area contributed by atoms with Crippen LogP contribution in [0.4, 0.5) is 18.0 Å². The van der Waals surface area contributed by atoms with Crippen molar-refractivity contribution in [2.45, 2.75) is 11.6 Å². The second kappa shape index (κ2) is 8.39. The van der Waals surface area contributed by atoms with Gasteiger partial charge < -0.3 is 14.6 Å². The molecule has 0 aromatic heterocycles. The number of alkyl halides is 3. The number of urea groups is 1. The zero-order valence-corrected chi connectivity index (χ0v) is 16.0. The summed E-state index contributed by atoms with van der Waals surface area (Å²) in [5.41, 5.74) is -1.44. The Balaban J connectivity index is 0.00000338. The van der Waals surface area contributed by atoms with E-state index in [0.29, 0.717) is 11.8 Å². The van der Waals surface area contributed by atoms with E-state index in [1.165, 1.54) is 24.3 Å². The number of halogens is 3. The predicted octanol–water partition coefficient (Wildman–Crippen LogP) is -1.82. The molecule has 1 atom stereocenters. The van der Waals surface area contributed by atoms with E-state index in [0.717, 1.165) is 0 Å². The van der Waals surface area contributed by atoms with Crippen molar-refractivity contribution in [1.82, 2.24) is 10.2 Å². The third-order valence-electron chi connectivity index (χ3n) is 3.15. The second-order valence-corrected chi connectivity index (χ2v) is 6.25. The molecule has 2 rings (SSSR count). The number of benzene rings is 1. The summed E-state index contributed by atoms with van der Waals surface area (Å²) < 4.78 is 77.7. The van der Waals surface area contributed by atoms with Crippen molar-refractivity contribution in [3.8, 4) is 5.75 Å². The van der Waals surface area contributed by atoms with Gasteiger partial charge >= 0.3 is 41.8 Å². The summed E-state index contributed by atoms with van der Waals surface area (Å²) in [6.45, 7) is -0.939. The third kappa shape index (κ3) is 5.20. The van der Waals surface area contributed by atoms with Gasteiger partial charge in [0.2, 0.25) is 0 Å². The molecule has 2 amide bonds. The first kappa shape index (κ1) is 22.4. The molecule has 0 aliphatic carbocycles. The summed E-state index contributed by atoms with van der Waals surface area (Å²) in [5, 5.41) is -1.06. The number of nitrogens with one attached hydrogen (secondary N) is 1. The number of carbonyl (C=O) groups is 2. The molecule has 0 fully saturated rings. The molecular weight excluding hydrogens is 392 g/mol. The van der Waals surface area contributed by atoms with Gasteiger partial charge in [0.05, 0.1) is 5.57 Å². The van der Waals surface area contributed by atoms with Crippen molar-refractivity contribution in [3.63, 3.8) is 0 Å². The largest absolute Gasteiger partial charge is 1.00 e. The SMILES string of the molecule is O=Cc1ccc(OCN2C(=O)NC=C(C(F)(F)F)C2S(=O)(=O)[O-])cc1.[Na+]. The second-order valence-electron chi connectivity index (χ2n) is 4.82. The van der Waals surface area contributed by atoms with E-state index in [4.69, 9.17) is 4.74 Å². The van der Waals surface area contributed by atoms with Crippen LogP contribution in [-0.2, 0) is 10.1 Å². The molecular formula is C13H10F3N2NaO6S. The number of hydrogen-bond acceptors (Lipinski definition) is 6. The number of aldehydes is 1. The standard InChI is InChI=1S/C13H11F3N2O6S.Na/c14-13(15,16)10-5-17-12(20)18(11(10)25(21,22)23)7-24-9-3-1-8(6-19)2-4-9;/h1-6,11H,7H2,(H,17,20)(H,21,22,23);/q;+1/p-1. The minimum atomic E-state index is -5.55. The smallest absolute Gasteiger partial charge is 0.746 e. The van der Waals surface area contributed by atoms with Crippen LogP contribution in [0.1, 0.15) is 10.4 Å². The number of amides is 2. The maximum atomic E-state index is 12.9. The summed E-state index contributed by atoms with van der Waals surface area (Å²) in [7, 11) is -5.55. The topological polar surface area (TPSA) is 116 Å². The van der Waals surface area contributed by atoms with Gasteiger partial charge in [0.25, 0.3) is 0 Å². The molecule has 1 heterocycles. The number of ether oxygens (including phenoxy) is 1. The van der Waals surface area contributed by atoms with Crippen LogP contribution in [0.25, 0.3) is 0 Å². The van der Waals surface area contributed by atoms with Gasteiger partial charge in [-0.15, -0.1) is 0 Å². The minimum Gasteiger partial charge on any atom is -0.746 e. The normalized spacial score (nSPS) is 17.7. The van der Waals surface area contributed by atoms with Crippen LogP contribution < -0.4 is 39.6 Å². The van der Waals surface area contributed by atoms with E-state index >= 15 is 0 Å². The molecule has 1 aliphatic heterocycles. The molecule has 0 bridgehead atoms. The van der Waals surface area contributed by atoms with E-state index in [9.17, 15) is 35.7 Å². The molecule has 1 aromatic rings. The summed E-state index contributed by atoms with van der Waals surface area (Å²) >= 11 is 0. The van der Waals surface area contributed by atoms with Crippen LogP contribution in [0.2, 0.25) is 0 Å². The summed E-state index contributed by atoms with van der Waals surface area (Å²) in [4.78, 5) is 22.4. The van der Waals surface area contributed by atoms with Gasteiger partial charge in [-0.1, -0.05) is 0 Å². The van der Waals surface area contributed by atoms with Gasteiger partial charge in [0.1, 0.15) is 22.2 Å². The van der Waals surface area contributed by atoms with Crippen molar-refractivity contribution >= 4 is 22.4 Å². The van der Waals surface area contributed by atoms with Crippen molar-refractivity contribution in [3.05, 3.63) is 41.6 Å². The molecule has 136 valence electrons. The fourth-order valence-electron chi connectivity index (χ4n) is 2.01. The van der Waals surface area contributed by atoms with E-state index in [1.54, 1.807) is 5.32 Å². The molecule has 13 heteroatoms. The first-order valence-electron chi connectivity index (χ1n) is 6.51. The van der Waals surface area contributed by atoms with E-state index in [1.807, 2.05) is 0 Å². The van der Waals surface area contributed by atoms with E-state index in [-0.39, 0.29) is 46.4 Å². The fraction of sp³-hybridized carbons (Fsp3) is 0.231. The van der Waals surface area contributed by atoms with Crippen LogP contribution in [0.5, 0.6) is 5.75 Å². The van der Waals surface area contributed by atoms with Crippen molar-refractivity contribution in [2.75, 3.05) is 6.73 Å². The van der Waals surface area contributed by atoms with Gasteiger partial charge in [-0.05, 0) is 24.3 Å². The molecule has 1 aliphatic rings. The molecule has 8 nitrogen and oxygen atoms in total. The molecule has 0 saturated heterocycles. The van der Waals surface area contributed by atoms with E-state index < -0.39 is 40.0 Å². The Bertz CT molecular complexity index is 810. The van der Waals surface area contributed by atoms with Crippen LogP contribution in [-0.4, -0.2) is 48.5 Å². The van der Waals surface area contributed by atoms with Gasteiger partial charge in [-0.3, -0.25) is 9.69 Å². The van der Waals surface area contributed by atoms with Gasteiger partial charge in [-0.25, -0.2) is 13.2 Å². The van der Waals surface area contributed by atoms with Crippen LogP contribution in [0, 0.1) is 0 Å². The van der Waals surface area contributed by atoms with Crippen LogP contribution >= 0.6 is 0 Å². The molecule has 1 unspecified atom stereocenters. The average Bonchev–Trinajstić information content (AvgIpc) is 2.51. The summed E-state index contributed by atoms with van der Waals surface area (Å²) in [6.07, 6.45) is -4.47. The van der Waals surface area contributed by atoms with E-state index in [2.05, 4.69) is 0 Å². The van der Waals surface area contributed by atoms with Gasteiger partial charge in [0, 0.05) is 11.8 Å². The van der Waals surface area contributed by atoms with Crippen LogP contribution in [0.15, 0.2) is 36.0 Å². The zero-order valence-electron chi connectivity index (χ0n) is 13.2.